The molecular formula is C16H17ClN2O. The lowest BCUT2D eigenvalue weighted by Gasteiger charge is -2.17. The van der Waals surface area contributed by atoms with E-state index in [0.717, 1.165) is 22.6 Å². The monoisotopic (exact) mass is 288 g/mol. The molecule has 0 fully saturated rings. The highest BCUT2D eigenvalue weighted by Crippen LogP contribution is 2.32. The number of para-hydroxylation sites is 1. The number of alkyl halides is 1. The van der Waals surface area contributed by atoms with Gasteiger partial charge in [-0.25, -0.2) is 4.98 Å². The minimum atomic E-state index is -0.154. The topological polar surface area (TPSA) is 31.0 Å². The molecule has 2 aromatic heterocycles. The van der Waals surface area contributed by atoms with Crippen molar-refractivity contribution in [1.82, 2.24) is 9.55 Å². The van der Waals surface area contributed by atoms with Gasteiger partial charge in [-0.1, -0.05) is 12.1 Å². The minimum Gasteiger partial charge on any atom is -0.467 e. The van der Waals surface area contributed by atoms with Crippen LogP contribution in [-0.4, -0.2) is 9.55 Å². The number of rotatable bonds is 3. The van der Waals surface area contributed by atoms with E-state index in [1.807, 2.05) is 31.2 Å². The molecule has 20 heavy (non-hydrogen) atoms. The van der Waals surface area contributed by atoms with E-state index < -0.39 is 0 Å². The van der Waals surface area contributed by atoms with Crippen LogP contribution in [0.5, 0.6) is 0 Å². The summed E-state index contributed by atoms with van der Waals surface area (Å²) in [7, 11) is 0. The molecule has 1 aromatic carbocycles. The van der Waals surface area contributed by atoms with E-state index in [1.54, 1.807) is 6.26 Å². The summed E-state index contributed by atoms with van der Waals surface area (Å²) in [6.07, 6.45) is 1.70. The van der Waals surface area contributed by atoms with Gasteiger partial charge in [0.2, 0.25) is 0 Å². The number of halogens is 1. The summed E-state index contributed by atoms with van der Waals surface area (Å²) in [5.41, 5.74) is 3.29. The molecular weight excluding hydrogens is 272 g/mol. The van der Waals surface area contributed by atoms with E-state index in [4.69, 9.17) is 21.0 Å². The van der Waals surface area contributed by atoms with Crippen molar-refractivity contribution in [2.75, 3.05) is 0 Å². The van der Waals surface area contributed by atoms with Crippen LogP contribution in [0.4, 0.5) is 0 Å². The summed E-state index contributed by atoms with van der Waals surface area (Å²) in [5.74, 6) is 1.78. The Morgan fingerprint density at radius 3 is 2.65 bits per heavy atom. The summed E-state index contributed by atoms with van der Waals surface area (Å²) < 4.78 is 7.73. The molecule has 2 unspecified atom stereocenters. The third-order valence-corrected chi connectivity index (χ3v) is 3.83. The second-order valence-corrected chi connectivity index (χ2v) is 5.74. The zero-order valence-corrected chi connectivity index (χ0v) is 12.6. The molecule has 0 saturated carbocycles. The first kappa shape index (κ1) is 13.3. The fourth-order valence-corrected chi connectivity index (χ4v) is 2.82. The number of furan rings is 1. The van der Waals surface area contributed by atoms with E-state index in [-0.39, 0.29) is 11.4 Å². The van der Waals surface area contributed by atoms with Crippen LogP contribution in [0.15, 0.2) is 41.0 Å². The average Bonchev–Trinajstić information content (AvgIpc) is 3.06. The Morgan fingerprint density at radius 2 is 2.00 bits per heavy atom. The number of imidazole rings is 1. The van der Waals surface area contributed by atoms with Gasteiger partial charge in [-0.2, -0.15) is 0 Å². The molecule has 0 aliphatic rings. The molecule has 0 aliphatic heterocycles. The van der Waals surface area contributed by atoms with Crippen LogP contribution in [0, 0.1) is 6.92 Å². The number of hydrogen-bond donors (Lipinski definition) is 0. The lowest BCUT2D eigenvalue weighted by molar-refractivity contribution is 0.444. The quantitative estimate of drug-likeness (QED) is 0.645. The van der Waals surface area contributed by atoms with Gasteiger partial charge in [0.25, 0.3) is 0 Å². The number of aryl methyl sites for hydroxylation is 1. The smallest absolute Gasteiger partial charge is 0.128 e. The SMILES string of the molecule is Cc1cccc2nc(C(C)Cl)n(C(C)c3ccco3)c12. The zero-order valence-electron chi connectivity index (χ0n) is 11.8. The fourth-order valence-electron chi connectivity index (χ4n) is 2.67. The highest BCUT2D eigenvalue weighted by atomic mass is 35.5. The maximum absolute atomic E-state index is 6.32. The van der Waals surface area contributed by atoms with Crippen LogP contribution < -0.4 is 0 Å². The Kier molecular flexibility index (Phi) is 3.30. The Morgan fingerprint density at radius 1 is 1.20 bits per heavy atom. The van der Waals surface area contributed by atoms with Crippen molar-refractivity contribution in [3.05, 3.63) is 53.7 Å². The van der Waals surface area contributed by atoms with Crippen LogP contribution in [0.25, 0.3) is 11.0 Å². The highest BCUT2D eigenvalue weighted by molar-refractivity contribution is 6.20. The highest BCUT2D eigenvalue weighted by Gasteiger charge is 2.22. The third-order valence-electron chi connectivity index (χ3n) is 3.64. The van der Waals surface area contributed by atoms with Gasteiger partial charge in [-0.15, -0.1) is 11.6 Å². The lowest BCUT2D eigenvalue weighted by atomic mass is 10.1. The van der Waals surface area contributed by atoms with Gasteiger partial charge >= 0.3 is 0 Å². The molecule has 4 heteroatoms. The lowest BCUT2D eigenvalue weighted by Crippen LogP contribution is -2.11. The van der Waals surface area contributed by atoms with Crippen molar-refractivity contribution in [3.63, 3.8) is 0 Å². The van der Waals surface area contributed by atoms with E-state index in [1.165, 1.54) is 5.56 Å². The van der Waals surface area contributed by atoms with Gasteiger partial charge in [-0.3, -0.25) is 0 Å². The molecule has 3 aromatic rings. The first-order valence-electron chi connectivity index (χ1n) is 6.74. The van der Waals surface area contributed by atoms with Gasteiger partial charge in [-0.05, 0) is 44.5 Å². The maximum atomic E-state index is 6.32. The molecule has 3 rings (SSSR count). The fraction of sp³-hybridized carbons (Fsp3) is 0.312. The first-order valence-corrected chi connectivity index (χ1v) is 7.18. The van der Waals surface area contributed by atoms with Gasteiger partial charge in [0.15, 0.2) is 0 Å². The standard InChI is InChI=1S/C16H17ClN2O/c1-10-6-4-7-13-15(10)19(16(18-13)11(2)17)12(3)14-8-5-9-20-14/h4-9,11-12H,1-3H3. The summed E-state index contributed by atoms with van der Waals surface area (Å²) >= 11 is 6.32. The normalized spacial score (nSPS) is 14.6. The number of hydrogen-bond acceptors (Lipinski definition) is 2. The molecule has 0 saturated heterocycles. The molecule has 2 atom stereocenters. The molecule has 0 bridgehead atoms. The van der Waals surface area contributed by atoms with E-state index in [2.05, 4.69) is 24.5 Å². The van der Waals surface area contributed by atoms with E-state index in [0.29, 0.717) is 0 Å². The van der Waals surface area contributed by atoms with Crippen LogP contribution >= 0.6 is 11.6 Å². The molecule has 104 valence electrons. The number of fused-ring (bicyclic) bond motifs is 1. The average molecular weight is 289 g/mol. The van der Waals surface area contributed by atoms with Crippen LogP contribution in [-0.2, 0) is 0 Å². The largest absolute Gasteiger partial charge is 0.467 e. The summed E-state index contributed by atoms with van der Waals surface area (Å²) in [4.78, 5) is 4.69. The maximum Gasteiger partial charge on any atom is 0.128 e. The van der Waals surface area contributed by atoms with Gasteiger partial charge in [0.1, 0.15) is 11.6 Å². The molecule has 2 heterocycles. The molecule has 3 nitrogen and oxygen atoms in total. The number of nitrogens with zero attached hydrogens (tertiary/aromatic N) is 2. The predicted molar refractivity (Wildman–Crippen MR) is 81.3 cm³/mol. The van der Waals surface area contributed by atoms with Crippen molar-refractivity contribution in [3.8, 4) is 0 Å². The van der Waals surface area contributed by atoms with Crippen molar-refractivity contribution >= 4 is 22.6 Å². The molecule has 0 radical (unpaired) electrons. The predicted octanol–water partition coefficient (Wildman–Crippen LogP) is 4.85. The molecule has 0 aliphatic carbocycles. The van der Waals surface area contributed by atoms with E-state index in [9.17, 15) is 0 Å². The van der Waals surface area contributed by atoms with Crippen molar-refractivity contribution in [1.29, 1.82) is 0 Å². The molecule has 0 spiro atoms. The second kappa shape index (κ2) is 4.98. The molecule has 0 amide bonds. The van der Waals surface area contributed by atoms with Crippen molar-refractivity contribution in [2.24, 2.45) is 0 Å². The van der Waals surface area contributed by atoms with Gasteiger partial charge in [0, 0.05) is 0 Å². The number of aromatic nitrogens is 2. The summed E-state index contributed by atoms with van der Waals surface area (Å²) in [6.45, 7) is 6.15. The van der Waals surface area contributed by atoms with Crippen LogP contribution in [0.2, 0.25) is 0 Å². The van der Waals surface area contributed by atoms with Crippen LogP contribution in [0.3, 0.4) is 0 Å². The first-order chi connectivity index (χ1) is 9.59. The van der Waals surface area contributed by atoms with Crippen molar-refractivity contribution in [2.45, 2.75) is 32.2 Å². The molecule has 0 N–H and O–H groups in total. The zero-order chi connectivity index (χ0) is 14.3. The Hall–Kier alpha value is -1.74. The number of benzene rings is 1. The Labute approximate surface area is 123 Å². The summed E-state index contributed by atoms with van der Waals surface area (Å²) in [6, 6.07) is 10.1. The Bertz CT molecular complexity index is 728. The van der Waals surface area contributed by atoms with Crippen molar-refractivity contribution < 1.29 is 4.42 Å². The minimum absolute atomic E-state index is 0.0623. The summed E-state index contributed by atoms with van der Waals surface area (Å²) in [5, 5.41) is -0.154. The third kappa shape index (κ3) is 2.02. The van der Waals surface area contributed by atoms with Crippen LogP contribution in [0.1, 0.15) is 42.4 Å². The Balaban J connectivity index is 2.29. The van der Waals surface area contributed by atoms with Gasteiger partial charge < -0.3 is 8.98 Å². The van der Waals surface area contributed by atoms with Gasteiger partial charge in [0.05, 0.1) is 28.7 Å². The van der Waals surface area contributed by atoms with E-state index >= 15 is 0 Å². The second-order valence-electron chi connectivity index (χ2n) is 5.09.